The van der Waals surface area contributed by atoms with Crippen LogP contribution in [-0.2, 0) is 24.6 Å². The summed E-state index contributed by atoms with van der Waals surface area (Å²) in [4.78, 5) is 12.2. The molecule has 2 N–H and O–H groups in total. The Morgan fingerprint density at radius 3 is 2.70 bits per heavy atom. The van der Waals surface area contributed by atoms with Crippen LogP contribution in [0.25, 0.3) is 0 Å². The van der Waals surface area contributed by atoms with E-state index < -0.39 is 17.8 Å². The number of nitrogens with one attached hydrogen (secondary N) is 2. The summed E-state index contributed by atoms with van der Waals surface area (Å²) in [5.41, 5.74) is 0.326. The molecule has 8 heteroatoms. The summed E-state index contributed by atoms with van der Waals surface area (Å²) < 4.78 is 39.6. The van der Waals surface area contributed by atoms with E-state index in [-0.39, 0.29) is 12.5 Å². The van der Waals surface area contributed by atoms with Gasteiger partial charge in [-0.2, -0.15) is 18.3 Å². The molecule has 0 aliphatic carbocycles. The highest BCUT2D eigenvalue weighted by atomic mass is 19.4. The summed E-state index contributed by atoms with van der Waals surface area (Å²) in [6.07, 6.45) is -1.14. The van der Waals surface area contributed by atoms with Crippen molar-refractivity contribution in [2.75, 3.05) is 7.05 Å². The summed E-state index contributed by atoms with van der Waals surface area (Å²) in [7, 11) is 3.36. The topological polar surface area (TPSA) is 59.0 Å². The van der Waals surface area contributed by atoms with Gasteiger partial charge in [-0.15, -0.1) is 0 Å². The standard InChI is InChI=1S/C15H17F3N4O/c1-19-13(11-8-21-22(2)9-11)14(23)20-7-10-4-3-5-12(6-10)15(16,17)18/h3-6,8-9,13,19H,7H2,1-2H3,(H,20,23). The second kappa shape index (κ2) is 6.82. The lowest BCUT2D eigenvalue weighted by molar-refractivity contribution is -0.137. The molecule has 0 spiro atoms. The fourth-order valence-corrected chi connectivity index (χ4v) is 2.19. The highest BCUT2D eigenvalue weighted by Gasteiger charge is 2.30. The summed E-state index contributed by atoms with van der Waals surface area (Å²) in [6.45, 7) is 0.0151. The van der Waals surface area contributed by atoms with Crippen molar-refractivity contribution in [3.8, 4) is 0 Å². The van der Waals surface area contributed by atoms with E-state index in [0.29, 0.717) is 11.1 Å². The molecule has 1 atom stereocenters. The number of rotatable bonds is 5. The van der Waals surface area contributed by atoms with Crippen molar-refractivity contribution in [1.29, 1.82) is 0 Å². The summed E-state index contributed by atoms with van der Waals surface area (Å²) in [5, 5.41) is 9.48. The fourth-order valence-electron chi connectivity index (χ4n) is 2.19. The second-order valence-corrected chi connectivity index (χ2v) is 5.08. The van der Waals surface area contributed by atoms with E-state index in [2.05, 4.69) is 15.7 Å². The SMILES string of the molecule is CNC(C(=O)NCc1cccc(C(F)(F)F)c1)c1cnn(C)c1. The molecule has 0 bridgehead atoms. The van der Waals surface area contributed by atoms with Crippen LogP contribution in [0.3, 0.4) is 0 Å². The maximum Gasteiger partial charge on any atom is 0.416 e. The number of aryl methyl sites for hydroxylation is 1. The molecule has 0 aliphatic heterocycles. The number of aromatic nitrogens is 2. The van der Waals surface area contributed by atoms with E-state index in [1.807, 2.05) is 0 Å². The number of halogens is 3. The molecule has 5 nitrogen and oxygen atoms in total. The zero-order valence-electron chi connectivity index (χ0n) is 12.7. The van der Waals surface area contributed by atoms with Gasteiger partial charge in [-0.25, -0.2) is 0 Å². The van der Waals surface area contributed by atoms with Gasteiger partial charge >= 0.3 is 6.18 Å². The van der Waals surface area contributed by atoms with Crippen molar-refractivity contribution < 1.29 is 18.0 Å². The first kappa shape index (κ1) is 17.0. The van der Waals surface area contributed by atoms with Gasteiger partial charge in [-0.05, 0) is 24.7 Å². The molecule has 0 saturated heterocycles. The molecule has 1 aromatic heterocycles. The molecule has 1 unspecified atom stereocenters. The predicted octanol–water partition coefficient (Wildman–Crippen LogP) is 2.02. The summed E-state index contributed by atoms with van der Waals surface area (Å²) in [6, 6.07) is 4.26. The Balaban J connectivity index is 2.03. The molecule has 2 aromatic rings. The number of carbonyl (C=O) groups is 1. The number of hydrogen-bond donors (Lipinski definition) is 2. The maximum absolute atomic E-state index is 12.7. The van der Waals surface area contributed by atoms with E-state index in [0.717, 1.165) is 12.1 Å². The average Bonchev–Trinajstić information content (AvgIpc) is 2.91. The predicted molar refractivity (Wildman–Crippen MR) is 78.3 cm³/mol. The van der Waals surface area contributed by atoms with Crippen LogP contribution < -0.4 is 10.6 Å². The number of hydrogen-bond acceptors (Lipinski definition) is 3. The van der Waals surface area contributed by atoms with Gasteiger partial charge < -0.3 is 10.6 Å². The number of likely N-dealkylation sites (N-methyl/N-ethyl adjacent to an activating group) is 1. The third-order valence-corrected chi connectivity index (χ3v) is 3.33. The molecule has 1 aromatic carbocycles. The quantitative estimate of drug-likeness (QED) is 0.884. The Hall–Kier alpha value is -2.35. The molecule has 2 rings (SSSR count). The maximum atomic E-state index is 12.7. The fraction of sp³-hybridized carbons (Fsp3) is 0.333. The number of alkyl halides is 3. The normalized spacial score (nSPS) is 12.9. The molecule has 0 saturated carbocycles. The van der Waals surface area contributed by atoms with Crippen molar-refractivity contribution in [1.82, 2.24) is 20.4 Å². The molecular weight excluding hydrogens is 309 g/mol. The van der Waals surface area contributed by atoms with E-state index in [4.69, 9.17) is 0 Å². The monoisotopic (exact) mass is 326 g/mol. The first-order valence-corrected chi connectivity index (χ1v) is 6.91. The Bertz CT molecular complexity index is 681. The average molecular weight is 326 g/mol. The molecule has 124 valence electrons. The van der Waals surface area contributed by atoms with Gasteiger partial charge in [-0.1, -0.05) is 12.1 Å². The minimum absolute atomic E-state index is 0.0151. The molecule has 0 aliphatic rings. The Labute approximate surface area is 131 Å². The minimum atomic E-state index is -4.40. The van der Waals surface area contributed by atoms with Gasteiger partial charge in [0, 0.05) is 25.4 Å². The van der Waals surface area contributed by atoms with Crippen molar-refractivity contribution in [3.05, 3.63) is 53.3 Å². The van der Waals surface area contributed by atoms with Crippen molar-refractivity contribution in [2.24, 2.45) is 7.05 Å². The van der Waals surface area contributed by atoms with Gasteiger partial charge in [0.1, 0.15) is 6.04 Å². The zero-order valence-corrected chi connectivity index (χ0v) is 12.7. The van der Waals surface area contributed by atoms with Crippen LogP contribution >= 0.6 is 0 Å². The molecule has 0 fully saturated rings. The lowest BCUT2D eigenvalue weighted by atomic mass is 10.1. The Morgan fingerprint density at radius 1 is 1.39 bits per heavy atom. The van der Waals surface area contributed by atoms with Crippen LogP contribution in [0.2, 0.25) is 0 Å². The lowest BCUT2D eigenvalue weighted by Gasteiger charge is -2.15. The first-order chi connectivity index (χ1) is 10.8. The van der Waals surface area contributed by atoms with Gasteiger partial charge in [0.05, 0.1) is 11.8 Å². The van der Waals surface area contributed by atoms with E-state index in [9.17, 15) is 18.0 Å². The van der Waals surface area contributed by atoms with Crippen LogP contribution in [0.15, 0.2) is 36.7 Å². The highest BCUT2D eigenvalue weighted by molar-refractivity contribution is 5.83. The van der Waals surface area contributed by atoms with Gasteiger partial charge in [0.15, 0.2) is 0 Å². The van der Waals surface area contributed by atoms with Crippen LogP contribution in [0.4, 0.5) is 13.2 Å². The van der Waals surface area contributed by atoms with Crippen LogP contribution in [0.1, 0.15) is 22.7 Å². The molecule has 1 amide bonds. The summed E-state index contributed by atoms with van der Waals surface area (Å²) >= 11 is 0. The smallest absolute Gasteiger partial charge is 0.350 e. The lowest BCUT2D eigenvalue weighted by Crippen LogP contribution is -2.35. The molecule has 1 heterocycles. The number of carbonyl (C=O) groups excluding carboxylic acids is 1. The Morgan fingerprint density at radius 2 is 2.13 bits per heavy atom. The van der Waals surface area contributed by atoms with Crippen molar-refractivity contribution in [2.45, 2.75) is 18.8 Å². The minimum Gasteiger partial charge on any atom is -0.350 e. The highest BCUT2D eigenvalue weighted by Crippen LogP contribution is 2.29. The van der Waals surface area contributed by atoms with Crippen LogP contribution in [0, 0.1) is 0 Å². The van der Waals surface area contributed by atoms with Gasteiger partial charge in [-0.3, -0.25) is 9.48 Å². The van der Waals surface area contributed by atoms with Crippen LogP contribution in [-0.4, -0.2) is 22.7 Å². The molecule has 0 radical (unpaired) electrons. The van der Waals surface area contributed by atoms with E-state index in [1.165, 1.54) is 12.1 Å². The number of amides is 1. The van der Waals surface area contributed by atoms with Crippen molar-refractivity contribution >= 4 is 5.91 Å². The van der Waals surface area contributed by atoms with Crippen LogP contribution in [0.5, 0.6) is 0 Å². The van der Waals surface area contributed by atoms with Gasteiger partial charge in [0.2, 0.25) is 5.91 Å². The Kier molecular flexibility index (Phi) is 5.05. The largest absolute Gasteiger partial charge is 0.416 e. The summed E-state index contributed by atoms with van der Waals surface area (Å²) in [5.74, 6) is -0.335. The van der Waals surface area contributed by atoms with E-state index >= 15 is 0 Å². The third kappa shape index (κ3) is 4.32. The molecule has 23 heavy (non-hydrogen) atoms. The van der Waals surface area contributed by atoms with Gasteiger partial charge in [0.25, 0.3) is 0 Å². The zero-order chi connectivity index (χ0) is 17.0. The number of benzene rings is 1. The van der Waals surface area contributed by atoms with E-state index in [1.54, 1.807) is 31.2 Å². The number of nitrogens with zero attached hydrogens (tertiary/aromatic N) is 2. The second-order valence-electron chi connectivity index (χ2n) is 5.08. The van der Waals surface area contributed by atoms with Crippen molar-refractivity contribution in [3.63, 3.8) is 0 Å². The molecular formula is C15H17F3N4O. The first-order valence-electron chi connectivity index (χ1n) is 6.91. The third-order valence-electron chi connectivity index (χ3n) is 3.33.